The molecule has 0 aliphatic rings. The second-order valence-corrected chi connectivity index (χ2v) is 6.82. The van der Waals surface area contributed by atoms with Crippen LogP contribution in [0.4, 0.5) is 5.69 Å². The number of hydrogen-bond acceptors (Lipinski definition) is 1. The minimum Gasteiger partial charge on any atom is -0.385 e. The van der Waals surface area contributed by atoms with Crippen molar-refractivity contribution in [2.24, 2.45) is 0 Å². The summed E-state index contributed by atoms with van der Waals surface area (Å²) in [7, 11) is 0. The maximum atomic E-state index is 3.74. The Labute approximate surface area is 132 Å². The lowest BCUT2D eigenvalue weighted by Gasteiger charge is -2.21. The van der Waals surface area contributed by atoms with Crippen LogP contribution >= 0.6 is 0 Å². The van der Waals surface area contributed by atoms with E-state index in [-0.39, 0.29) is 0 Å². The molecule has 0 aliphatic heterocycles. The number of para-hydroxylation sites is 1. The van der Waals surface area contributed by atoms with E-state index in [1.165, 1.54) is 55.3 Å². The van der Waals surface area contributed by atoms with E-state index in [0.29, 0.717) is 11.8 Å². The Morgan fingerprint density at radius 3 is 1.86 bits per heavy atom. The minimum atomic E-state index is 0.579. The molecule has 1 aromatic carbocycles. The summed E-state index contributed by atoms with van der Waals surface area (Å²) < 4.78 is 0. The first kappa shape index (κ1) is 18.1. The maximum Gasteiger partial charge on any atom is 0.0410 e. The van der Waals surface area contributed by atoms with Crippen molar-refractivity contribution in [3.8, 4) is 0 Å². The van der Waals surface area contributed by atoms with E-state index in [2.05, 4.69) is 58.1 Å². The third-order valence-corrected chi connectivity index (χ3v) is 4.21. The van der Waals surface area contributed by atoms with Crippen LogP contribution in [0.3, 0.4) is 0 Å². The molecule has 0 spiro atoms. The van der Waals surface area contributed by atoms with Gasteiger partial charge in [-0.25, -0.2) is 0 Å². The van der Waals surface area contributed by atoms with Crippen molar-refractivity contribution >= 4 is 5.69 Å². The summed E-state index contributed by atoms with van der Waals surface area (Å²) in [6, 6.07) is 6.76. The zero-order valence-electron chi connectivity index (χ0n) is 14.8. The normalized spacial score (nSPS) is 11.4. The second kappa shape index (κ2) is 9.87. The molecule has 0 aromatic heterocycles. The van der Waals surface area contributed by atoms with Crippen molar-refractivity contribution in [1.82, 2.24) is 0 Å². The van der Waals surface area contributed by atoms with Gasteiger partial charge in [0.2, 0.25) is 0 Å². The number of hydrogen-bond donors (Lipinski definition) is 1. The Kier molecular flexibility index (Phi) is 8.49. The quantitative estimate of drug-likeness (QED) is 0.472. The number of rotatable bonds is 10. The van der Waals surface area contributed by atoms with Crippen LogP contribution in [-0.4, -0.2) is 6.54 Å². The third kappa shape index (κ3) is 6.11. The van der Waals surface area contributed by atoms with Gasteiger partial charge >= 0.3 is 0 Å². The summed E-state index contributed by atoms with van der Waals surface area (Å²) in [5.74, 6) is 1.16. The highest BCUT2D eigenvalue weighted by Crippen LogP contribution is 2.32. The molecule has 0 bridgehead atoms. The fourth-order valence-electron chi connectivity index (χ4n) is 2.87. The van der Waals surface area contributed by atoms with E-state index in [1.807, 2.05) is 0 Å². The fourth-order valence-corrected chi connectivity index (χ4v) is 2.87. The highest BCUT2D eigenvalue weighted by atomic mass is 14.9. The highest BCUT2D eigenvalue weighted by Gasteiger charge is 2.12. The van der Waals surface area contributed by atoms with Crippen molar-refractivity contribution in [1.29, 1.82) is 0 Å². The summed E-state index contributed by atoms with van der Waals surface area (Å²) >= 11 is 0. The molecule has 0 atom stereocenters. The molecule has 0 heterocycles. The topological polar surface area (TPSA) is 12.0 Å². The van der Waals surface area contributed by atoms with E-state index in [9.17, 15) is 0 Å². The number of unbranched alkanes of at least 4 members (excludes halogenated alkanes) is 5. The Morgan fingerprint density at radius 2 is 1.33 bits per heavy atom. The van der Waals surface area contributed by atoms with Gasteiger partial charge in [0.1, 0.15) is 0 Å². The molecule has 0 unspecified atom stereocenters. The van der Waals surface area contributed by atoms with Crippen molar-refractivity contribution in [3.05, 3.63) is 29.3 Å². The van der Waals surface area contributed by atoms with Gasteiger partial charge in [-0.05, 0) is 29.4 Å². The van der Waals surface area contributed by atoms with Crippen LogP contribution in [-0.2, 0) is 0 Å². The Bertz CT molecular complexity index is 367. The second-order valence-electron chi connectivity index (χ2n) is 6.82. The maximum absolute atomic E-state index is 3.74. The summed E-state index contributed by atoms with van der Waals surface area (Å²) in [5, 5.41) is 3.74. The average Bonchev–Trinajstić information content (AvgIpc) is 2.45. The van der Waals surface area contributed by atoms with E-state index < -0.39 is 0 Å². The van der Waals surface area contributed by atoms with Crippen molar-refractivity contribution in [2.75, 3.05) is 11.9 Å². The standard InChI is InChI=1S/C20H35N/c1-6-7-8-9-10-11-15-21-20-18(16(2)3)13-12-14-19(20)17(4)5/h12-14,16-17,21H,6-11,15H2,1-5H3. The van der Waals surface area contributed by atoms with Gasteiger partial charge in [-0.1, -0.05) is 84.9 Å². The van der Waals surface area contributed by atoms with Crippen LogP contribution in [0.15, 0.2) is 18.2 Å². The van der Waals surface area contributed by atoms with Gasteiger partial charge in [0.25, 0.3) is 0 Å². The molecular weight excluding hydrogens is 254 g/mol. The van der Waals surface area contributed by atoms with Crippen molar-refractivity contribution in [3.63, 3.8) is 0 Å². The average molecular weight is 290 g/mol. The summed E-state index contributed by atoms with van der Waals surface area (Å²) in [4.78, 5) is 0. The van der Waals surface area contributed by atoms with Crippen LogP contribution in [0.2, 0.25) is 0 Å². The molecule has 0 amide bonds. The first-order chi connectivity index (χ1) is 10.1. The SMILES string of the molecule is CCCCCCCCNc1c(C(C)C)cccc1C(C)C. The molecule has 21 heavy (non-hydrogen) atoms. The first-order valence-electron chi connectivity index (χ1n) is 8.94. The Balaban J connectivity index is 2.56. The molecule has 0 saturated heterocycles. The monoisotopic (exact) mass is 289 g/mol. The minimum absolute atomic E-state index is 0.579. The Morgan fingerprint density at radius 1 is 0.810 bits per heavy atom. The molecule has 1 heteroatoms. The number of nitrogens with one attached hydrogen (secondary N) is 1. The predicted molar refractivity (Wildman–Crippen MR) is 96.5 cm³/mol. The number of anilines is 1. The zero-order chi connectivity index (χ0) is 15.7. The molecule has 0 saturated carbocycles. The van der Waals surface area contributed by atoms with Gasteiger partial charge in [0.15, 0.2) is 0 Å². The van der Waals surface area contributed by atoms with Crippen LogP contribution in [0.25, 0.3) is 0 Å². The van der Waals surface area contributed by atoms with Crippen molar-refractivity contribution < 1.29 is 0 Å². The molecule has 1 aromatic rings. The molecule has 0 aliphatic carbocycles. The largest absolute Gasteiger partial charge is 0.385 e. The van der Waals surface area contributed by atoms with Gasteiger partial charge in [0, 0.05) is 12.2 Å². The van der Waals surface area contributed by atoms with Gasteiger partial charge < -0.3 is 5.32 Å². The number of benzene rings is 1. The molecular formula is C20H35N. The van der Waals surface area contributed by atoms with E-state index in [4.69, 9.17) is 0 Å². The summed E-state index contributed by atoms with van der Waals surface area (Å²) in [6.07, 6.45) is 8.15. The third-order valence-electron chi connectivity index (χ3n) is 4.21. The lowest BCUT2D eigenvalue weighted by molar-refractivity contribution is 0.616. The van der Waals surface area contributed by atoms with E-state index in [1.54, 1.807) is 0 Å². The van der Waals surface area contributed by atoms with Crippen LogP contribution in [0.1, 0.15) is 96.1 Å². The van der Waals surface area contributed by atoms with Crippen LogP contribution in [0, 0.1) is 0 Å². The fraction of sp³-hybridized carbons (Fsp3) is 0.700. The summed E-state index contributed by atoms with van der Waals surface area (Å²) in [5.41, 5.74) is 4.33. The smallest absolute Gasteiger partial charge is 0.0410 e. The van der Waals surface area contributed by atoms with E-state index >= 15 is 0 Å². The molecule has 120 valence electrons. The predicted octanol–water partition coefficient (Wildman–Crippen LogP) is 6.71. The molecule has 0 radical (unpaired) electrons. The van der Waals surface area contributed by atoms with Crippen LogP contribution in [0.5, 0.6) is 0 Å². The molecule has 1 N–H and O–H groups in total. The van der Waals surface area contributed by atoms with Crippen molar-refractivity contribution in [2.45, 2.75) is 85.0 Å². The first-order valence-corrected chi connectivity index (χ1v) is 8.94. The molecule has 1 rings (SSSR count). The van der Waals surface area contributed by atoms with E-state index in [0.717, 1.165) is 6.54 Å². The van der Waals surface area contributed by atoms with Gasteiger partial charge in [-0.2, -0.15) is 0 Å². The van der Waals surface area contributed by atoms with Crippen LogP contribution < -0.4 is 5.32 Å². The summed E-state index contributed by atoms with van der Waals surface area (Å²) in [6.45, 7) is 12.5. The lowest BCUT2D eigenvalue weighted by atomic mass is 9.92. The zero-order valence-corrected chi connectivity index (χ0v) is 14.8. The molecule has 1 nitrogen and oxygen atoms in total. The van der Waals surface area contributed by atoms with Gasteiger partial charge in [0.05, 0.1) is 0 Å². The van der Waals surface area contributed by atoms with Gasteiger partial charge in [-0.3, -0.25) is 0 Å². The highest BCUT2D eigenvalue weighted by molar-refractivity contribution is 5.60. The lowest BCUT2D eigenvalue weighted by Crippen LogP contribution is -2.09. The molecule has 0 fully saturated rings. The van der Waals surface area contributed by atoms with Gasteiger partial charge in [-0.15, -0.1) is 0 Å². The Hall–Kier alpha value is -0.980.